The smallest absolute Gasteiger partial charge is 0.328 e. The zero-order chi connectivity index (χ0) is 15.2. The minimum absolute atomic E-state index is 0.142. The summed E-state index contributed by atoms with van der Waals surface area (Å²) in [7, 11) is 0. The highest BCUT2D eigenvalue weighted by Gasteiger charge is 2.12. The first kappa shape index (κ1) is 15.0. The fourth-order valence-corrected chi connectivity index (χ4v) is 1.91. The van der Waals surface area contributed by atoms with Crippen molar-refractivity contribution in [2.75, 3.05) is 23.7 Å². The van der Waals surface area contributed by atoms with Crippen LogP contribution in [0.15, 0.2) is 12.4 Å². The van der Waals surface area contributed by atoms with Gasteiger partial charge in [-0.3, -0.25) is 4.68 Å². The lowest BCUT2D eigenvalue weighted by atomic mass is 10.5. The van der Waals surface area contributed by atoms with Gasteiger partial charge in [-0.05, 0) is 20.3 Å². The molecule has 0 radical (unpaired) electrons. The van der Waals surface area contributed by atoms with Crippen LogP contribution in [-0.2, 0) is 6.54 Å². The van der Waals surface area contributed by atoms with Gasteiger partial charge in [0.2, 0.25) is 11.9 Å². The van der Waals surface area contributed by atoms with E-state index in [9.17, 15) is 0 Å². The fraction of sp³-hybridized carbons (Fsp3) is 0.538. The van der Waals surface area contributed by atoms with E-state index >= 15 is 0 Å². The van der Waals surface area contributed by atoms with Crippen molar-refractivity contribution >= 4 is 11.9 Å². The Morgan fingerprint density at radius 3 is 2.62 bits per heavy atom. The molecular weight excluding hydrogens is 270 g/mol. The van der Waals surface area contributed by atoms with Crippen LogP contribution in [0.2, 0.25) is 0 Å². The molecule has 0 unspecified atom stereocenters. The number of nitrogens with two attached hydrogens (primary N) is 1. The molecule has 2 aromatic rings. The molecule has 0 saturated carbocycles. The van der Waals surface area contributed by atoms with Gasteiger partial charge in [0.1, 0.15) is 0 Å². The number of nitrogens with zero attached hydrogens (tertiary/aromatic N) is 6. The molecule has 0 atom stereocenters. The van der Waals surface area contributed by atoms with Gasteiger partial charge < -0.3 is 15.4 Å². The van der Waals surface area contributed by atoms with E-state index in [2.05, 4.69) is 27.0 Å². The molecule has 2 rings (SSSR count). The Labute approximate surface area is 124 Å². The van der Waals surface area contributed by atoms with Crippen molar-refractivity contribution in [1.82, 2.24) is 24.7 Å². The standard InChI is InChI=1S/C13H21N7O/c1-4-7-20-9-10(8-15-20)21-13-17-11(14)16-12(18-13)19(5-2)6-3/h8-9H,4-7H2,1-3H3,(H2,14,16,17,18). The van der Waals surface area contributed by atoms with Gasteiger partial charge >= 0.3 is 6.01 Å². The molecule has 2 heterocycles. The van der Waals surface area contributed by atoms with E-state index in [0.717, 1.165) is 26.1 Å². The van der Waals surface area contributed by atoms with Gasteiger partial charge in [0.15, 0.2) is 5.75 Å². The highest BCUT2D eigenvalue weighted by molar-refractivity contribution is 5.36. The summed E-state index contributed by atoms with van der Waals surface area (Å²) in [6.07, 6.45) is 4.44. The predicted octanol–water partition coefficient (Wildman–Crippen LogP) is 1.70. The average Bonchev–Trinajstić information content (AvgIpc) is 2.87. The van der Waals surface area contributed by atoms with Crippen molar-refractivity contribution in [2.24, 2.45) is 0 Å². The summed E-state index contributed by atoms with van der Waals surface area (Å²) in [5, 5.41) is 4.19. The fourth-order valence-electron chi connectivity index (χ4n) is 1.91. The number of rotatable bonds is 7. The molecular formula is C13H21N7O. The van der Waals surface area contributed by atoms with Crippen LogP contribution < -0.4 is 15.4 Å². The van der Waals surface area contributed by atoms with Crippen LogP contribution in [0.25, 0.3) is 0 Å². The van der Waals surface area contributed by atoms with E-state index in [4.69, 9.17) is 10.5 Å². The number of aryl methyl sites for hydroxylation is 1. The maximum atomic E-state index is 5.72. The van der Waals surface area contributed by atoms with Gasteiger partial charge in [0.05, 0.1) is 12.4 Å². The lowest BCUT2D eigenvalue weighted by Crippen LogP contribution is -2.25. The Kier molecular flexibility index (Phi) is 4.91. The molecule has 8 nitrogen and oxygen atoms in total. The third-order valence-electron chi connectivity index (χ3n) is 2.94. The first-order valence-corrected chi connectivity index (χ1v) is 7.13. The van der Waals surface area contributed by atoms with Crippen molar-refractivity contribution in [2.45, 2.75) is 33.7 Å². The normalized spacial score (nSPS) is 10.6. The highest BCUT2D eigenvalue weighted by atomic mass is 16.5. The first-order valence-electron chi connectivity index (χ1n) is 7.13. The van der Waals surface area contributed by atoms with Gasteiger partial charge in [0, 0.05) is 19.6 Å². The Hall–Kier alpha value is -2.38. The van der Waals surface area contributed by atoms with Crippen molar-refractivity contribution in [3.05, 3.63) is 12.4 Å². The quantitative estimate of drug-likeness (QED) is 0.829. The molecule has 0 aliphatic rings. The van der Waals surface area contributed by atoms with Gasteiger partial charge in [-0.15, -0.1) is 0 Å². The maximum absolute atomic E-state index is 5.72. The number of hydrogen-bond donors (Lipinski definition) is 1. The molecule has 2 aromatic heterocycles. The second-order valence-electron chi connectivity index (χ2n) is 4.49. The number of anilines is 2. The number of aromatic nitrogens is 5. The summed E-state index contributed by atoms with van der Waals surface area (Å²) in [4.78, 5) is 14.4. The summed E-state index contributed by atoms with van der Waals surface area (Å²) in [5.41, 5.74) is 5.72. The second kappa shape index (κ2) is 6.87. The van der Waals surface area contributed by atoms with Crippen LogP contribution in [0.3, 0.4) is 0 Å². The molecule has 0 aliphatic heterocycles. The molecule has 0 bridgehead atoms. The SMILES string of the molecule is CCCn1cc(Oc2nc(N)nc(N(CC)CC)n2)cn1. The molecule has 0 fully saturated rings. The van der Waals surface area contributed by atoms with Crippen LogP contribution in [-0.4, -0.2) is 37.8 Å². The predicted molar refractivity (Wildman–Crippen MR) is 80.4 cm³/mol. The van der Waals surface area contributed by atoms with Crippen molar-refractivity contribution in [3.63, 3.8) is 0 Å². The zero-order valence-corrected chi connectivity index (χ0v) is 12.7. The summed E-state index contributed by atoms with van der Waals surface area (Å²) in [6.45, 7) is 8.55. The minimum atomic E-state index is 0.142. The summed E-state index contributed by atoms with van der Waals surface area (Å²) in [5.74, 6) is 1.24. The van der Waals surface area contributed by atoms with Crippen molar-refractivity contribution in [1.29, 1.82) is 0 Å². The minimum Gasteiger partial charge on any atom is -0.421 e. The average molecular weight is 291 g/mol. The lowest BCUT2D eigenvalue weighted by Gasteiger charge is -2.18. The largest absolute Gasteiger partial charge is 0.421 e. The first-order chi connectivity index (χ1) is 10.2. The van der Waals surface area contributed by atoms with Crippen LogP contribution in [0.1, 0.15) is 27.2 Å². The number of hydrogen-bond acceptors (Lipinski definition) is 7. The lowest BCUT2D eigenvalue weighted by molar-refractivity contribution is 0.439. The molecule has 0 spiro atoms. The number of ether oxygens (including phenoxy) is 1. The van der Waals surface area contributed by atoms with Crippen LogP contribution in [0, 0.1) is 0 Å². The molecule has 114 valence electrons. The molecule has 0 aliphatic carbocycles. The molecule has 21 heavy (non-hydrogen) atoms. The summed E-state index contributed by atoms with van der Waals surface area (Å²) in [6, 6.07) is 0.181. The van der Waals surface area contributed by atoms with E-state index < -0.39 is 0 Å². The van der Waals surface area contributed by atoms with E-state index in [1.807, 2.05) is 23.4 Å². The third-order valence-corrected chi connectivity index (χ3v) is 2.94. The van der Waals surface area contributed by atoms with Crippen LogP contribution >= 0.6 is 0 Å². The monoisotopic (exact) mass is 291 g/mol. The van der Waals surface area contributed by atoms with E-state index in [1.54, 1.807) is 12.4 Å². The van der Waals surface area contributed by atoms with Crippen molar-refractivity contribution < 1.29 is 4.74 Å². The Morgan fingerprint density at radius 2 is 1.95 bits per heavy atom. The number of nitrogen functional groups attached to an aromatic ring is 1. The molecule has 2 N–H and O–H groups in total. The van der Waals surface area contributed by atoms with Crippen molar-refractivity contribution in [3.8, 4) is 11.8 Å². The molecule has 0 saturated heterocycles. The van der Waals surface area contributed by atoms with Crippen LogP contribution in [0.5, 0.6) is 11.8 Å². The summed E-state index contributed by atoms with van der Waals surface area (Å²) >= 11 is 0. The Morgan fingerprint density at radius 1 is 1.19 bits per heavy atom. The van der Waals surface area contributed by atoms with E-state index in [1.165, 1.54) is 0 Å². The van der Waals surface area contributed by atoms with Crippen LogP contribution in [0.4, 0.5) is 11.9 Å². The Balaban J connectivity index is 2.18. The van der Waals surface area contributed by atoms with Gasteiger partial charge in [-0.1, -0.05) is 6.92 Å². The molecule has 8 heteroatoms. The van der Waals surface area contributed by atoms with E-state index in [-0.39, 0.29) is 12.0 Å². The second-order valence-corrected chi connectivity index (χ2v) is 4.49. The highest BCUT2D eigenvalue weighted by Crippen LogP contribution is 2.19. The third kappa shape index (κ3) is 3.80. The molecule has 0 amide bonds. The molecule has 0 aromatic carbocycles. The maximum Gasteiger partial charge on any atom is 0.328 e. The Bertz CT molecular complexity index is 580. The zero-order valence-electron chi connectivity index (χ0n) is 12.7. The van der Waals surface area contributed by atoms with Gasteiger partial charge in [-0.25, -0.2) is 0 Å². The van der Waals surface area contributed by atoms with E-state index in [0.29, 0.717) is 11.7 Å². The van der Waals surface area contributed by atoms with Gasteiger partial charge in [-0.2, -0.15) is 20.1 Å². The van der Waals surface area contributed by atoms with Gasteiger partial charge in [0.25, 0.3) is 0 Å². The topological polar surface area (TPSA) is 95.0 Å². The summed E-state index contributed by atoms with van der Waals surface area (Å²) < 4.78 is 7.42.